The molecule has 8 heteroatoms. The number of hydrogen-bond donors (Lipinski definition) is 1. The lowest BCUT2D eigenvalue weighted by Crippen LogP contribution is -2.11. The Hall–Kier alpha value is -3.13. The minimum absolute atomic E-state index is 0.0919. The quantitative estimate of drug-likeness (QED) is 0.671. The molecule has 0 atom stereocenters. The highest BCUT2D eigenvalue weighted by atomic mass is 32.1. The van der Waals surface area contributed by atoms with Crippen LogP contribution in [0.1, 0.15) is 25.7 Å². The molecule has 3 rings (SSSR count). The van der Waals surface area contributed by atoms with Gasteiger partial charge in [0.2, 0.25) is 0 Å². The smallest absolute Gasteiger partial charge is 0.337 e. The van der Waals surface area contributed by atoms with Crippen LogP contribution >= 0.6 is 11.3 Å². The molecule has 1 N–H and O–H groups in total. The number of rotatable bonds is 4. The highest BCUT2D eigenvalue weighted by Gasteiger charge is 2.20. The van der Waals surface area contributed by atoms with Crippen LogP contribution in [0.2, 0.25) is 0 Å². The summed E-state index contributed by atoms with van der Waals surface area (Å²) in [5.41, 5.74) is 0.911. The minimum Gasteiger partial charge on any atom is -0.465 e. The Morgan fingerprint density at radius 3 is 2.30 bits per heavy atom. The van der Waals surface area contributed by atoms with Gasteiger partial charge in [0.05, 0.1) is 23.9 Å². The summed E-state index contributed by atoms with van der Waals surface area (Å²) in [5, 5.41) is 2.76. The fourth-order valence-corrected chi connectivity index (χ4v) is 3.42. The van der Waals surface area contributed by atoms with Crippen LogP contribution in [0.25, 0.3) is 10.6 Å². The lowest BCUT2D eigenvalue weighted by molar-refractivity contribution is 0.0600. The molecule has 0 spiro atoms. The predicted octanol–water partition coefficient (Wildman–Crippen LogP) is 4.44. The van der Waals surface area contributed by atoms with Crippen molar-refractivity contribution in [2.24, 2.45) is 0 Å². The number of amides is 1. The molecular weight excluding hydrogens is 374 g/mol. The zero-order valence-corrected chi connectivity index (χ0v) is 15.2. The van der Waals surface area contributed by atoms with E-state index in [1.54, 1.807) is 19.1 Å². The van der Waals surface area contributed by atoms with Crippen molar-refractivity contribution in [3.63, 3.8) is 0 Å². The lowest BCUT2D eigenvalue weighted by Gasteiger charge is -2.05. The zero-order valence-electron chi connectivity index (χ0n) is 14.4. The van der Waals surface area contributed by atoms with Crippen molar-refractivity contribution < 1.29 is 23.1 Å². The van der Waals surface area contributed by atoms with Gasteiger partial charge < -0.3 is 10.1 Å². The summed E-state index contributed by atoms with van der Waals surface area (Å²) in [5.74, 6) is -2.43. The van der Waals surface area contributed by atoms with Gasteiger partial charge in [0.1, 0.15) is 21.5 Å². The fourth-order valence-electron chi connectivity index (χ4n) is 2.41. The third kappa shape index (κ3) is 3.85. The van der Waals surface area contributed by atoms with Crippen LogP contribution in [-0.4, -0.2) is 24.0 Å². The van der Waals surface area contributed by atoms with Crippen LogP contribution in [0.5, 0.6) is 0 Å². The number of ether oxygens (including phenoxy) is 1. The molecule has 3 aromatic rings. The van der Waals surface area contributed by atoms with Crippen molar-refractivity contribution in [3.05, 3.63) is 70.2 Å². The number of aromatic nitrogens is 1. The van der Waals surface area contributed by atoms with Crippen LogP contribution < -0.4 is 5.32 Å². The van der Waals surface area contributed by atoms with Gasteiger partial charge in [-0.15, -0.1) is 11.3 Å². The maximum Gasteiger partial charge on any atom is 0.337 e. The number of esters is 1. The second-order valence-electron chi connectivity index (χ2n) is 5.55. The average Bonchev–Trinajstić information content (AvgIpc) is 3.03. The second-order valence-corrected chi connectivity index (χ2v) is 6.55. The van der Waals surface area contributed by atoms with E-state index >= 15 is 0 Å². The minimum atomic E-state index is -0.742. The number of methoxy groups -OCH3 is 1. The molecule has 0 saturated carbocycles. The molecule has 0 aliphatic rings. The molecule has 0 aliphatic heterocycles. The molecule has 0 fully saturated rings. The van der Waals surface area contributed by atoms with E-state index in [0.717, 1.165) is 23.5 Å². The Kier molecular flexibility index (Phi) is 5.27. The van der Waals surface area contributed by atoms with Crippen LogP contribution in [0.15, 0.2) is 42.5 Å². The summed E-state index contributed by atoms with van der Waals surface area (Å²) in [6.07, 6.45) is 0. The van der Waals surface area contributed by atoms with Crippen molar-refractivity contribution in [2.45, 2.75) is 6.92 Å². The molecule has 27 heavy (non-hydrogen) atoms. The van der Waals surface area contributed by atoms with E-state index in [9.17, 15) is 18.4 Å². The van der Waals surface area contributed by atoms with Gasteiger partial charge >= 0.3 is 5.97 Å². The number of benzene rings is 2. The molecule has 0 bridgehead atoms. The number of thiazole rings is 1. The van der Waals surface area contributed by atoms with E-state index in [4.69, 9.17) is 0 Å². The van der Waals surface area contributed by atoms with Crippen molar-refractivity contribution in [3.8, 4) is 10.6 Å². The van der Waals surface area contributed by atoms with Crippen LogP contribution in [0.3, 0.4) is 0 Å². The average molecular weight is 388 g/mol. The van der Waals surface area contributed by atoms with Gasteiger partial charge in [-0.1, -0.05) is 6.07 Å². The molecule has 0 unspecified atom stereocenters. The summed E-state index contributed by atoms with van der Waals surface area (Å²) in [6.45, 7) is 1.59. The van der Waals surface area contributed by atoms with Crippen molar-refractivity contribution in [1.29, 1.82) is 0 Å². The summed E-state index contributed by atoms with van der Waals surface area (Å²) in [7, 11) is 1.28. The first-order valence-corrected chi connectivity index (χ1v) is 8.64. The van der Waals surface area contributed by atoms with Gasteiger partial charge in [-0.05, 0) is 43.3 Å². The number of nitrogens with one attached hydrogen (secondary N) is 1. The second kappa shape index (κ2) is 7.63. The number of carbonyl (C=O) groups is 2. The molecule has 1 amide bonds. The number of aryl methyl sites for hydroxylation is 1. The fraction of sp³-hybridized carbons (Fsp3) is 0.105. The predicted molar refractivity (Wildman–Crippen MR) is 97.9 cm³/mol. The third-order valence-corrected chi connectivity index (χ3v) is 4.92. The van der Waals surface area contributed by atoms with Gasteiger partial charge in [0, 0.05) is 5.69 Å². The van der Waals surface area contributed by atoms with E-state index in [2.05, 4.69) is 15.0 Å². The SMILES string of the molecule is COC(=O)c1ccc(NC(=O)c2sc(-c3c(F)cccc3F)nc2C)cc1. The monoisotopic (exact) mass is 388 g/mol. The van der Waals surface area contributed by atoms with E-state index in [0.29, 0.717) is 16.9 Å². The molecule has 1 aromatic heterocycles. The molecule has 5 nitrogen and oxygen atoms in total. The normalized spacial score (nSPS) is 10.5. The largest absolute Gasteiger partial charge is 0.465 e. The maximum absolute atomic E-state index is 13.9. The first-order valence-electron chi connectivity index (χ1n) is 7.82. The van der Waals surface area contributed by atoms with Crippen LogP contribution in [0, 0.1) is 18.6 Å². The Labute approximate surface area is 157 Å². The molecular formula is C19H14F2N2O3S. The summed E-state index contributed by atoms with van der Waals surface area (Å²) < 4.78 is 32.5. The summed E-state index contributed by atoms with van der Waals surface area (Å²) >= 11 is 0.903. The zero-order chi connectivity index (χ0) is 19.6. The maximum atomic E-state index is 13.9. The summed E-state index contributed by atoms with van der Waals surface area (Å²) in [4.78, 5) is 28.3. The molecule has 0 aliphatic carbocycles. The van der Waals surface area contributed by atoms with Crippen LogP contribution in [-0.2, 0) is 4.74 Å². The standard InChI is InChI=1S/C19H14F2N2O3S/c1-10-16(27-18(22-10)15-13(20)4-3-5-14(15)21)17(24)23-12-8-6-11(7-9-12)19(25)26-2/h3-9H,1-2H3,(H,23,24). The van der Waals surface area contributed by atoms with Gasteiger partial charge in [-0.2, -0.15) is 0 Å². The topological polar surface area (TPSA) is 68.3 Å². The molecule has 138 valence electrons. The Bertz CT molecular complexity index is 996. The number of anilines is 1. The first-order chi connectivity index (χ1) is 12.9. The summed E-state index contributed by atoms with van der Waals surface area (Å²) in [6, 6.07) is 9.67. The van der Waals surface area contributed by atoms with Gasteiger partial charge in [-0.25, -0.2) is 18.6 Å². The Morgan fingerprint density at radius 2 is 1.70 bits per heavy atom. The van der Waals surface area contributed by atoms with Crippen LogP contribution in [0.4, 0.5) is 14.5 Å². The Morgan fingerprint density at radius 1 is 1.07 bits per heavy atom. The molecule has 2 aromatic carbocycles. The third-order valence-electron chi connectivity index (χ3n) is 3.74. The van der Waals surface area contributed by atoms with Gasteiger partial charge in [0.15, 0.2) is 0 Å². The van der Waals surface area contributed by atoms with E-state index in [-0.39, 0.29) is 15.4 Å². The number of hydrogen-bond acceptors (Lipinski definition) is 5. The Balaban J connectivity index is 1.84. The van der Waals surface area contributed by atoms with E-state index in [1.165, 1.54) is 25.3 Å². The molecule has 0 saturated heterocycles. The number of halogens is 2. The number of nitrogens with zero attached hydrogens (tertiary/aromatic N) is 1. The van der Waals surface area contributed by atoms with E-state index in [1.807, 2.05) is 0 Å². The van der Waals surface area contributed by atoms with Crippen molar-refractivity contribution in [1.82, 2.24) is 4.98 Å². The van der Waals surface area contributed by atoms with Crippen molar-refractivity contribution in [2.75, 3.05) is 12.4 Å². The lowest BCUT2D eigenvalue weighted by atomic mass is 10.2. The first kappa shape index (κ1) is 18.7. The number of carbonyl (C=O) groups excluding carboxylic acids is 2. The van der Waals surface area contributed by atoms with Gasteiger partial charge in [0.25, 0.3) is 5.91 Å². The van der Waals surface area contributed by atoms with Gasteiger partial charge in [-0.3, -0.25) is 4.79 Å². The molecule has 0 radical (unpaired) electrons. The van der Waals surface area contributed by atoms with Crippen molar-refractivity contribution >= 4 is 28.9 Å². The molecule has 1 heterocycles. The highest BCUT2D eigenvalue weighted by Crippen LogP contribution is 2.32. The van der Waals surface area contributed by atoms with E-state index < -0.39 is 23.5 Å². The highest BCUT2D eigenvalue weighted by molar-refractivity contribution is 7.17.